The fourth-order valence-corrected chi connectivity index (χ4v) is 3.33. The maximum atomic E-state index is 12.6. The lowest BCUT2D eigenvalue weighted by Crippen LogP contribution is -2.10. The number of rotatable bonds is 8. The van der Waals surface area contributed by atoms with E-state index in [1.807, 2.05) is 38.2 Å². The molecule has 0 amide bonds. The minimum atomic E-state index is -0.0899. The Morgan fingerprint density at radius 1 is 0.968 bits per heavy atom. The van der Waals surface area contributed by atoms with Crippen molar-refractivity contribution in [2.75, 3.05) is 0 Å². The number of hydrogen-bond donors (Lipinski definition) is 0. The number of aryl methyl sites for hydroxylation is 1. The SMILES string of the molecule is CC(C)CC(=O)c1cccc(C(=O)CCc2cnn(-c3ccc4nccnc4c3)c2)n1. The van der Waals surface area contributed by atoms with Crippen LogP contribution in [0, 0.1) is 5.92 Å². The van der Waals surface area contributed by atoms with Crippen LogP contribution in [0.25, 0.3) is 16.7 Å². The fraction of sp³-hybridized carbons (Fsp3) is 0.250. The highest BCUT2D eigenvalue weighted by Crippen LogP contribution is 2.16. The Hall–Kier alpha value is -3.74. The summed E-state index contributed by atoms with van der Waals surface area (Å²) in [6.07, 6.45) is 8.23. The average Bonchev–Trinajstić information content (AvgIpc) is 3.26. The average molecular weight is 413 g/mol. The van der Waals surface area contributed by atoms with Crippen molar-refractivity contribution in [3.63, 3.8) is 0 Å². The van der Waals surface area contributed by atoms with Crippen molar-refractivity contribution in [1.29, 1.82) is 0 Å². The highest BCUT2D eigenvalue weighted by Gasteiger charge is 2.14. The van der Waals surface area contributed by atoms with Gasteiger partial charge in [-0.1, -0.05) is 19.9 Å². The van der Waals surface area contributed by atoms with Gasteiger partial charge in [0.05, 0.1) is 22.9 Å². The zero-order valence-corrected chi connectivity index (χ0v) is 17.5. The van der Waals surface area contributed by atoms with Gasteiger partial charge < -0.3 is 0 Å². The fourth-order valence-electron chi connectivity index (χ4n) is 3.33. The molecule has 156 valence electrons. The molecule has 0 saturated heterocycles. The molecule has 7 heteroatoms. The van der Waals surface area contributed by atoms with E-state index in [1.54, 1.807) is 41.5 Å². The van der Waals surface area contributed by atoms with Gasteiger partial charge in [-0.3, -0.25) is 19.6 Å². The molecule has 0 N–H and O–H groups in total. The van der Waals surface area contributed by atoms with Crippen molar-refractivity contribution in [2.24, 2.45) is 5.92 Å². The minimum Gasteiger partial charge on any atom is -0.292 e. The number of hydrogen-bond acceptors (Lipinski definition) is 6. The Morgan fingerprint density at radius 3 is 2.48 bits per heavy atom. The van der Waals surface area contributed by atoms with Crippen molar-refractivity contribution in [1.82, 2.24) is 24.7 Å². The smallest absolute Gasteiger partial charge is 0.181 e. The molecule has 0 bridgehead atoms. The van der Waals surface area contributed by atoms with E-state index in [0.29, 0.717) is 30.7 Å². The topological polar surface area (TPSA) is 90.6 Å². The molecule has 3 aromatic heterocycles. The number of fused-ring (bicyclic) bond motifs is 1. The van der Waals surface area contributed by atoms with Crippen LogP contribution in [0.3, 0.4) is 0 Å². The maximum Gasteiger partial charge on any atom is 0.181 e. The van der Waals surface area contributed by atoms with Crippen molar-refractivity contribution >= 4 is 22.6 Å². The van der Waals surface area contributed by atoms with Gasteiger partial charge in [-0.05, 0) is 48.2 Å². The van der Waals surface area contributed by atoms with E-state index in [1.165, 1.54) is 0 Å². The van der Waals surface area contributed by atoms with Crippen LogP contribution in [-0.4, -0.2) is 36.3 Å². The Morgan fingerprint density at radius 2 is 1.71 bits per heavy atom. The largest absolute Gasteiger partial charge is 0.292 e. The predicted molar refractivity (Wildman–Crippen MR) is 117 cm³/mol. The highest BCUT2D eigenvalue weighted by molar-refractivity contribution is 5.98. The lowest BCUT2D eigenvalue weighted by Gasteiger charge is -2.05. The molecule has 0 aliphatic heterocycles. The van der Waals surface area contributed by atoms with Gasteiger partial charge in [-0.2, -0.15) is 5.10 Å². The van der Waals surface area contributed by atoms with Gasteiger partial charge in [0.25, 0.3) is 0 Å². The van der Waals surface area contributed by atoms with E-state index in [9.17, 15) is 9.59 Å². The first-order valence-electron chi connectivity index (χ1n) is 10.3. The molecular formula is C24H23N5O2. The summed E-state index contributed by atoms with van der Waals surface area (Å²) in [5, 5.41) is 4.41. The van der Waals surface area contributed by atoms with Crippen LogP contribution < -0.4 is 0 Å². The molecule has 0 aliphatic rings. The summed E-state index contributed by atoms with van der Waals surface area (Å²) in [6.45, 7) is 3.97. The molecule has 0 aliphatic carbocycles. The molecule has 0 atom stereocenters. The standard InChI is InChI=1S/C24H23N5O2/c1-16(2)12-24(31)21-5-3-4-20(28-21)23(30)9-6-17-14-27-29(15-17)18-7-8-19-22(13-18)26-11-10-25-19/h3-5,7-8,10-11,13-16H,6,9,12H2,1-2H3. The van der Waals surface area contributed by atoms with Crippen molar-refractivity contribution in [3.8, 4) is 5.69 Å². The van der Waals surface area contributed by atoms with Crippen molar-refractivity contribution in [2.45, 2.75) is 33.1 Å². The first-order valence-corrected chi connectivity index (χ1v) is 10.3. The molecular weight excluding hydrogens is 390 g/mol. The minimum absolute atomic E-state index is 0.0361. The monoisotopic (exact) mass is 413 g/mol. The van der Waals surface area contributed by atoms with Gasteiger partial charge in [0.2, 0.25) is 0 Å². The van der Waals surface area contributed by atoms with Crippen molar-refractivity contribution < 1.29 is 9.59 Å². The molecule has 0 radical (unpaired) electrons. The summed E-state index contributed by atoms with van der Waals surface area (Å²) in [7, 11) is 0. The van der Waals surface area contributed by atoms with Crippen molar-refractivity contribution in [3.05, 3.63) is 78.1 Å². The molecule has 31 heavy (non-hydrogen) atoms. The number of carbonyl (C=O) groups excluding carboxylic acids is 2. The third-order valence-corrected chi connectivity index (χ3v) is 4.91. The first-order chi connectivity index (χ1) is 15.0. The van der Waals surface area contributed by atoms with E-state index < -0.39 is 0 Å². The Balaban J connectivity index is 1.42. The van der Waals surface area contributed by atoms with Crippen LogP contribution >= 0.6 is 0 Å². The van der Waals surface area contributed by atoms with Crippen LogP contribution in [0.5, 0.6) is 0 Å². The Bertz CT molecular complexity index is 1250. The summed E-state index contributed by atoms with van der Waals surface area (Å²) in [4.78, 5) is 37.7. The van der Waals surface area contributed by atoms with Gasteiger partial charge in [-0.25, -0.2) is 9.67 Å². The molecule has 0 saturated carbocycles. The third-order valence-electron chi connectivity index (χ3n) is 4.91. The number of Topliss-reactive ketones (excluding diaryl/α,β-unsaturated/α-hetero) is 2. The van der Waals surface area contributed by atoms with Crippen LogP contribution in [0.4, 0.5) is 0 Å². The summed E-state index contributed by atoms with van der Waals surface area (Å²) >= 11 is 0. The Labute approximate surface area is 180 Å². The van der Waals surface area contributed by atoms with Crippen LogP contribution in [0.2, 0.25) is 0 Å². The van der Waals surface area contributed by atoms with Gasteiger partial charge in [0.1, 0.15) is 11.4 Å². The van der Waals surface area contributed by atoms with Crippen LogP contribution in [-0.2, 0) is 6.42 Å². The van der Waals surface area contributed by atoms with E-state index in [4.69, 9.17) is 0 Å². The zero-order chi connectivity index (χ0) is 21.8. The number of nitrogens with zero attached hydrogens (tertiary/aromatic N) is 5. The maximum absolute atomic E-state index is 12.6. The lowest BCUT2D eigenvalue weighted by atomic mass is 10.0. The Kier molecular flexibility index (Phi) is 5.93. The number of carbonyl (C=O) groups is 2. The summed E-state index contributed by atoms with van der Waals surface area (Å²) in [5.41, 5.74) is 4.13. The second-order valence-electron chi connectivity index (χ2n) is 7.87. The molecule has 0 fully saturated rings. The van der Waals surface area contributed by atoms with Crippen LogP contribution in [0.15, 0.2) is 61.2 Å². The van der Waals surface area contributed by atoms with E-state index in [2.05, 4.69) is 20.1 Å². The number of benzene rings is 1. The zero-order valence-electron chi connectivity index (χ0n) is 17.5. The summed E-state index contributed by atoms with van der Waals surface area (Å²) in [5.74, 6) is 0.124. The van der Waals surface area contributed by atoms with E-state index in [-0.39, 0.29) is 17.5 Å². The second-order valence-corrected chi connectivity index (χ2v) is 7.87. The summed E-state index contributed by atoms with van der Waals surface area (Å²) < 4.78 is 1.76. The lowest BCUT2D eigenvalue weighted by molar-refractivity contribution is 0.0962. The molecule has 4 rings (SSSR count). The predicted octanol–water partition coefficient (Wildman–Crippen LogP) is 4.25. The molecule has 7 nitrogen and oxygen atoms in total. The number of ketones is 2. The molecule has 0 spiro atoms. The number of aromatic nitrogens is 5. The van der Waals surface area contributed by atoms with Gasteiger partial charge in [0.15, 0.2) is 11.6 Å². The third kappa shape index (κ3) is 4.88. The molecule has 3 heterocycles. The van der Waals surface area contributed by atoms with E-state index in [0.717, 1.165) is 22.3 Å². The van der Waals surface area contributed by atoms with Gasteiger partial charge in [0, 0.05) is 31.4 Å². The normalized spacial score (nSPS) is 11.2. The first kappa shape index (κ1) is 20.5. The van der Waals surface area contributed by atoms with E-state index >= 15 is 0 Å². The molecule has 1 aromatic carbocycles. The molecule has 4 aromatic rings. The quantitative estimate of drug-likeness (QED) is 0.401. The van der Waals surface area contributed by atoms with Gasteiger partial charge in [-0.15, -0.1) is 0 Å². The second kappa shape index (κ2) is 8.95. The number of pyridine rings is 1. The van der Waals surface area contributed by atoms with Gasteiger partial charge >= 0.3 is 0 Å². The summed E-state index contributed by atoms with van der Waals surface area (Å²) in [6, 6.07) is 10.8. The highest BCUT2D eigenvalue weighted by atomic mass is 16.1. The van der Waals surface area contributed by atoms with Crippen LogP contribution in [0.1, 0.15) is 53.2 Å². The molecule has 0 unspecified atom stereocenters.